The van der Waals surface area contributed by atoms with Crippen LogP contribution in [-0.4, -0.2) is 53.0 Å². The molecule has 11 heteroatoms. The minimum absolute atomic E-state index is 0.0319. The Morgan fingerprint density at radius 2 is 1.87 bits per heavy atom. The number of fused-ring (bicyclic) bond motifs is 2. The minimum Gasteiger partial charge on any atom is -0.341 e. The van der Waals surface area contributed by atoms with Crippen molar-refractivity contribution in [3.05, 3.63) is 87.1 Å². The Hall–Kier alpha value is -4.38. The lowest BCUT2D eigenvalue weighted by Crippen LogP contribution is -2.44. The van der Waals surface area contributed by atoms with Crippen molar-refractivity contribution in [2.24, 2.45) is 5.73 Å². The Kier molecular flexibility index (Phi) is 6.20. The maximum Gasteiger partial charge on any atom is 0.293 e. The number of anilines is 1. The van der Waals surface area contributed by atoms with Crippen LogP contribution in [0.4, 0.5) is 5.95 Å². The van der Waals surface area contributed by atoms with Crippen LogP contribution in [-0.2, 0) is 19.6 Å². The first kappa shape index (κ1) is 24.0. The lowest BCUT2D eigenvalue weighted by molar-refractivity contribution is 0.469. The lowest BCUT2D eigenvalue weighted by atomic mass is 10.1. The van der Waals surface area contributed by atoms with E-state index >= 15 is 0 Å². The van der Waals surface area contributed by atoms with Crippen molar-refractivity contribution < 1.29 is 0 Å². The molecule has 38 heavy (non-hydrogen) atoms. The van der Waals surface area contributed by atoms with Crippen molar-refractivity contribution in [3.8, 4) is 0 Å². The van der Waals surface area contributed by atoms with Crippen LogP contribution in [0.15, 0.2) is 64.8 Å². The van der Waals surface area contributed by atoms with E-state index in [2.05, 4.69) is 19.9 Å². The fourth-order valence-electron chi connectivity index (χ4n) is 5.27. The van der Waals surface area contributed by atoms with Crippen LogP contribution in [0.5, 0.6) is 0 Å². The van der Waals surface area contributed by atoms with Gasteiger partial charge in [0.05, 0.1) is 18.6 Å². The number of pyridine rings is 1. The molecule has 1 aliphatic heterocycles. The number of imidazole rings is 1. The van der Waals surface area contributed by atoms with Crippen molar-refractivity contribution in [1.82, 2.24) is 33.9 Å². The molecular formula is C27H29N9O2. The number of piperidine rings is 1. The Bertz CT molecular complexity index is 1740. The van der Waals surface area contributed by atoms with E-state index < -0.39 is 0 Å². The molecule has 0 spiro atoms. The summed E-state index contributed by atoms with van der Waals surface area (Å²) in [5, 5.41) is 0.903. The second-order valence-corrected chi connectivity index (χ2v) is 9.70. The fourth-order valence-corrected chi connectivity index (χ4v) is 5.27. The van der Waals surface area contributed by atoms with Crippen molar-refractivity contribution in [2.45, 2.75) is 45.4 Å². The molecular weight excluding hydrogens is 482 g/mol. The highest BCUT2D eigenvalue weighted by Gasteiger charge is 2.26. The van der Waals surface area contributed by atoms with Gasteiger partial charge in [0.15, 0.2) is 5.52 Å². The molecule has 11 nitrogen and oxygen atoms in total. The highest BCUT2D eigenvalue weighted by atomic mass is 16.2. The quantitative estimate of drug-likeness (QED) is 0.365. The zero-order chi connectivity index (χ0) is 26.2. The van der Waals surface area contributed by atoms with E-state index in [1.807, 2.05) is 41.8 Å². The van der Waals surface area contributed by atoms with Crippen LogP contribution in [0.1, 0.15) is 30.9 Å². The SMILES string of the molecule is CCn1c(N2CCCC(N)C2)nc2c(=O)n(Cc3cccnc3)n(Cc3ccc4cncnc4c3)c(=O)c21. The lowest BCUT2D eigenvalue weighted by Gasteiger charge is -2.31. The molecule has 6 rings (SSSR count). The number of aryl methyl sites for hydroxylation is 1. The number of nitrogens with two attached hydrogens (primary N) is 1. The average molecular weight is 512 g/mol. The van der Waals surface area contributed by atoms with E-state index in [4.69, 9.17) is 10.7 Å². The third-order valence-corrected chi connectivity index (χ3v) is 7.13. The van der Waals surface area contributed by atoms with E-state index in [0.717, 1.165) is 41.4 Å². The minimum atomic E-state index is -0.318. The summed E-state index contributed by atoms with van der Waals surface area (Å²) in [6.45, 7) is 4.28. The van der Waals surface area contributed by atoms with E-state index in [1.54, 1.807) is 18.6 Å². The summed E-state index contributed by atoms with van der Waals surface area (Å²) in [5.41, 5.74) is 8.58. The van der Waals surface area contributed by atoms with E-state index in [0.29, 0.717) is 24.6 Å². The van der Waals surface area contributed by atoms with E-state index in [9.17, 15) is 9.59 Å². The molecule has 4 aromatic heterocycles. The van der Waals surface area contributed by atoms with Crippen LogP contribution in [0, 0.1) is 0 Å². The van der Waals surface area contributed by atoms with Gasteiger partial charge >= 0.3 is 0 Å². The maximum absolute atomic E-state index is 14.2. The van der Waals surface area contributed by atoms with Gasteiger partial charge in [0.2, 0.25) is 5.95 Å². The highest BCUT2D eigenvalue weighted by molar-refractivity contribution is 5.78. The van der Waals surface area contributed by atoms with Crippen molar-refractivity contribution in [1.29, 1.82) is 0 Å². The van der Waals surface area contributed by atoms with Gasteiger partial charge in [0.1, 0.15) is 11.8 Å². The van der Waals surface area contributed by atoms with E-state index in [1.165, 1.54) is 15.7 Å². The number of hydrogen-bond acceptors (Lipinski definition) is 8. The summed E-state index contributed by atoms with van der Waals surface area (Å²) in [7, 11) is 0. The number of rotatable bonds is 6. The normalized spacial score (nSPS) is 15.9. The first-order chi connectivity index (χ1) is 18.5. The molecule has 5 heterocycles. The smallest absolute Gasteiger partial charge is 0.293 e. The van der Waals surface area contributed by atoms with Gasteiger partial charge in [-0.05, 0) is 43.0 Å². The first-order valence-electron chi connectivity index (χ1n) is 12.9. The monoisotopic (exact) mass is 511 g/mol. The Balaban J connectivity index is 1.55. The molecule has 5 aromatic rings. The molecule has 0 saturated carbocycles. The molecule has 1 atom stereocenters. The predicted molar refractivity (Wildman–Crippen MR) is 145 cm³/mol. The molecule has 1 aromatic carbocycles. The van der Waals surface area contributed by atoms with Crippen molar-refractivity contribution in [2.75, 3.05) is 18.0 Å². The third-order valence-electron chi connectivity index (χ3n) is 7.13. The molecule has 0 aliphatic carbocycles. The standard InChI is InChI=1S/C27H29N9O2/c1-2-34-24-23(32-27(34)33-10-4-6-21(28)16-33)25(37)35(15-19-5-3-9-29-12-19)36(26(24)38)14-18-7-8-20-13-30-17-31-22(20)11-18/h3,5,7-9,11-13,17,21H,2,4,6,10,14-16,28H2,1H3. The summed E-state index contributed by atoms with van der Waals surface area (Å²) < 4.78 is 4.85. The Labute approximate surface area is 218 Å². The van der Waals surface area contributed by atoms with Gasteiger partial charge in [0.25, 0.3) is 11.1 Å². The third kappa shape index (κ3) is 4.24. The number of nitrogens with zero attached hydrogens (tertiary/aromatic N) is 8. The molecule has 194 valence electrons. The first-order valence-corrected chi connectivity index (χ1v) is 12.9. The van der Waals surface area contributed by atoms with Gasteiger partial charge in [-0.3, -0.25) is 14.6 Å². The molecule has 0 amide bonds. The van der Waals surface area contributed by atoms with Crippen molar-refractivity contribution in [3.63, 3.8) is 0 Å². The molecule has 1 fully saturated rings. The van der Waals surface area contributed by atoms with Gasteiger partial charge in [-0.1, -0.05) is 18.2 Å². The summed E-state index contributed by atoms with van der Waals surface area (Å²) in [4.78, 5) is 47.6. The molecule has 0 radical (unpaired) electrons. The van der Waals surface area contributed by atoms with Crippen molar-refractivity contribution >= 4 is 27.9 Å². The highest BCUT2D eigenvalue weighted by Crippen LogP contribution is 2.22. The van der Waals surface area contributed by atoms with Crippen LogP contribution >= 0.6 is 0 Å². The van der Waals surface area contributed by atoms with Crippen LogP contribution in [0.25, 0.3) is 21.9 Å². The molecule has 1 saturated heterocycles. The largest absolute Gasteiger partial charge is 0.341 e. The summed E-state index contributed by atoms with van der Waals surface area (Å²) in [6, 6.07) is 9.50. The molecule has 2 N–H and O–H groups in total. The van der Waals surface area contributed by atoms with Crippen LogP contribution in [0.3, 0.4) is 0 Å². The zero-order valence-corrected chi connectivity index (χ0v) is 21.2. The van der Waals surface area contributed by atoms with Gasteiger partial charge in [-0.15, -0.1) is 0 Å². The van der Waals surface area contributed by atoms with Gasteiger partial charge in [-0.2, -0.15) is 0 Å². The second-order valence-electron chi connectivity index (χ2n) is 9.70. The second kappa shape index (κ2) is 9.82. The Morgan fingerprint density at radius 3 is 2.66 bits per heavy atom. The summed E-state index contributed by atoms with van der Waals surface area (Å²) in [6.07, 6.45) is 8.51. The van der Waals surface area contributed by atoms with Gasteiger partial charge < -0.3 is 15.2 Å². The molecule has 0 bridgehead atoms. The van der Waals surface area contributed by atoms with E-state index in [-0.39, 0.29) is 35.8 Å². The fraction of sp³-hybridized carbons (Fsp3) is 0.333. The van der Waals surface area contributed by atoms with Gasteiger partial charge in [0, 0.05) is 49.7 Å². The predicted octanol–water partition coefficient (Wildman–Crippen LogP) is 1.74. The van der Waals surface area contributed by atoms with Crippen LogP contribution in [0.2, 0.25) is 0 Å². The Morgan fingerprint density at radius 1 is 1.03 bits per heavy atom. The molecule has 1 unspecified atom stereocenters. The number of hydrogen-bond donors (Lipinski definition) is 1. The summed E-state index contributed by atoms with van der Waals surface area (Å²) >= 11 is 0. The van der Waals surface area contributed by atoms with Crippen LogP contribution < -0.4 is 21.8 Å². The number of aromatic nitrogens is 7. The summed E-state index contributed by atoms with van der Waals surface area (Å²) in [5.74, 6) is 0.625. The maximum atomic E-state index is 14.2. The molecule has 1 aliphatic rings. The van der Waals surface area contributed by atoms with Gasteiger partial charge in [-0.25, -0.2) is 24.3 Å². The number of benzene rings is 1. The zero-order valence-electron chi connectivity index (χ0n) is 21.2. The average Bonchev–Trinajstić information content (AvgIpc) is 3.34. The topological polar surface area (TPSA) is 130 Å².